The lowest BCUT2D eigenvalue weighted by atomic mass is 10.1. The second kappa shape index (κ2) is 4.12. The number of hydrogen-bond acceptors (Lipinski definition) is 4. The highest BCUT2D eigenvalue weighted by atomic mass is 32.2. The van der Waals surface area contributed by atoms with Crippen molar-refractivity contribution in [1.29, 1.82) is 0 Å². The maximum absolute atomic E-state index is 13.2. The van der Waals surface area contributed by atoms with Crippen LogP contribution in [0.15, 0.2) is 22.8 Å². The van der Waals surface area contributed by atoms with E-state index >= 15 is 0 Å². The molecule has 6 heteroatoms. The summed E-state index contributed by atoms with van der Waals surface area (Å²) in [6, 6.07) is 2.88. The van der Waals surface area contributed by atoms with Crippen LogP contribution in [-0.2, 0) is 20.9 Å². The van der Waals surface area contributed by atoms with Crippen LogP contribution in [0, 0.1) is 12.7 Å². The fraction of sp³-hybridized carbons (Fsp3) is 0.273. The first-order valence-corrected chi connectivity index (χ1v) is 6.69. The van der Waals surface area contributed by atoms with Crippen molar-refractivity contribution >= 4 is 21.1 Å². The van der Waals surface area contributed by atoms with Crippen molar-refractivity contribution in [3.8, 4) is 0 Å². The highest BCUT2D eigenvalue weighted by Gasteiger charge is 2.11. The zero-order chi connectivity index (χ0) is 12.6. The minimum absolute atomic E-state index is 0.114. The quantitative estimate of drug-likeness (QED) is 0.793. The summed E-state index contributed by atoms with van der Waals surface area (Å²) >= 11 is 0. The molecule has 1 heterocycles. The van der Waals surface area contributed by atoms with Gasteiger partial charge in [0.2, 0.25) is 0 Å². The Kier molecular flexibility index (Phi) is 2.92. The van der Waals surface area contributed by atoms with Gasteiger partial charge < -0.3 is 4.42 Å². The Morgan fingerprint density at radius 1 is 1.41 bits per heavy atom. The van der Waals surface area contributed by atoms with E-state index in [1.165, 1.54) is 12.3 Å². The van der Waals surface area contributed by atoms with Crippen LogP contribution < -0.4 is 0 Å². The SMILES string of the molecule is Cc1cc2c(COS(C)(=O)=O)coc2cc1F. The Balaban J connectivity index is 2.39. The third kappa shape index (κ3) is 2.65. The number of hydrogen-bond donors (Lipinski definition) is 0. The fourth-order valence-corrected chi connectivity index (χ4v) is 1.83. The third-order valence-corrected chi connectivity index (χ3v) is 2.91. The molecule has 17 heavy (non-hydrogen) atoms. The van der Waals surface area contributed by atoms with Gasteiger partial charge in [0.25, 0.3) is 10.1 Å². The van der Waals surface area contributed by atoms with Gasteiger partial charge in [-0.05, 0) is 18.6 Å². The number of aryl methyl sites for hydroxylation is 1. The van der Waals surface area contributed by atoms with E-state index in [0.717, 1.165) is 6.26 Å². The van der Waals surface area contributed by atoms with Gasteiger partial charge in [-0.2, -0.15) is 8.42 Å². The number of fused-ring (bicyclic) bond motifs is 1. The van der Waals surface area contributed by atoms with E-state index in [9.17, 15) is 12.8 Å². The predicted octanol–water partition coefficient (Wildman–Crippen LogP) is 2.36. The highest BCUT2D eigenvalue weighted by Crippen LogP contribution is 2.25. The zero-order valence-corrected chi connectivity index (χ0v) is 10.2. The molecule has 1 aromatic carbocycles. The summed E-state index contributed by atoms with van der Waals surface area (Å²) in [6.45, 7) is 1.51. The van der Waals surface area contributed by atoms with Gasteiger partial charge in [-0.3, -0.25) is 4.18 Å². The Bertz CT molecular complexity index is 657. The molecule has 0 spiro atoms. The van der Waals surface area contributed by atoms with E-state index in [-0.39, 0.29) is 12.4 Å². The van der Waals surface area contributed by atoms with E-state index in [2.05, 4.69) is 4.18 Å². The Hall–Kier alpha value is -1.40. The molecule has 4 nitrogen and oxygen atoms in total. The Morgan fingerprint density at radius 2 is 2.12 bits per heavy atom. The lowest BCUT2D eigenvalue weighted by molar-refractivity contribution is 0.311. The number of benzene rings is 1. The molecular weight excluding hydrogens is 247 g/mol. The van der Waals surface area contributed by atoms with Gasteiger partial charge in [-0.25, -0.2) is 4.39 Å². The molecule has 0 aliphatic carbocycles. The van der Waals surface area contributed by atoms with E-state index < -0.39 is 10.1 Å². The van der Waals surface area contributed by atoms with E-state index in [1.807, 2.05) is 0 Å². The molecule has 0 fully saturated rings. The van der Waals surface area contributed by atoms with Crippen molar-refractivity contribution in [3.05, 3.63) is 35.3 Å². The summed E-state index contributed by atoms with van der Waals surface area (Å²) in [6.07, 6.45) is 2.34. The number of rotatable bonds is 3. The molecule has 0 radical (unpaired) electrons. The van der Waals surface area contributed by atoms with Gasteiger partial charge in [-0.1, -0.05) is 0 Å². The van der Waals surface area contributed by atoms with Crippen LogP contribution in [0.3, 0.4) is 0 Å². The van der Waals surface area contributed by atoms with Gasteiger partial charge in [-0.15, -0.1) is 0 Å². The van der Waals surface area contributed by atoms with Gasteiger partial charge >= 0.3 is 0 Å². The number of halogens is 1. The predicted molar refractivity (Wildman–Crippen MR) is 60.5 cm³/mol. The molecule has 0 aliphatic heterocycles. The molecule has 0 atom stereocenters. The monoisotopic (exact) mass is 258 g/mol. The summed E-state index contributed by atoms with van der Waals surface area (Å²) in [5.41, 5.74) is 1.42. The lowest BCUT2D eigenvalue weighted by Gasteiger charge is -2.00. The van der Waals surface area contributed by atoms with Crippen molar-refractivity contribution in [2.24, 2.45) is 0 Å². The number of furan rings is 1. The summed E-state index contributed by atoms with van der Waals surface area (Å²) in [5.74, 6) is -0.359. The van der Waals surface area contributed by atoms with Crippen LogP contribution in [0.4, 0.5) is 4.39 Å². The molecule has 92 valence electrons. The molecule has 0 amide bonds. The average molecular weight is 258 g/mol. The maximum atomic E-state index is 13.2. The van der Waals surface area contributed by atoms with Gasteiger partial charge in [0.1, 0.15) is 11.4 Å². The van der Waals surface area contributed by atoms with Crippen molar-refractivity contribution in [2.75, 3.05) is 6.26 Å². The first kappa shape index (κ1) is 12.1. The van der Waals surface area contributed by atoms with E-state index in [1.54, 1.807) is 13.0 Å². The van der Waals surface area contributed by atoms with Crippen LogP contribution in [0.2, 0.25) is 0 Å². The van der Waals surface area contributed by atoms with Crippen LogP contribution >= 0.6 is 0 Å². The molecule has 2 aromatic rings. The van der Waals surface area contributed by atoms with Crippen LogP contribution in [0.1, 0.15) is 11.1 Å². The molecule has 0 aliphatic rings. The molecular formula is C11H11FO4S. The first-order valence-electron chi connectivity index (χ1n) is 4.87. The highest BCUT2D eigenvalue weighted by molar-refractivity contribution is 7.85. The smallest absolute Gasteiger partial charge is 0.264 e. The largest absolute Gasteiger partial charge is 0.464 e. The molecule has 0 bridgehead atoms. The minimum atomic E-state index is -3.50. The van der Waals surface area contributed by atoms with Gasteiger partial charge in [0.05, 0.1) is 19.1 Å². The van der Waals surface area contributed by atoms with Gasteiger partial charge in [0, 0.05) is 17.0 Å². The fourth-order valence-electron chi connectivity index (χ4n) is 1.49. The molecule has 2 rings (SSSR count). The Labute approximate surface area is 98.1 Å². The third-order valence-electron chi connectivity index (χ3n) is 2.36. The van der Waals surface area contributed by atoms with Crippen LogP contribution in [0.25, 0.3) is 11.0 Å². The van der Waals surface area contributed by atoms with E-state index in [4.69, 9.17) is 4.42 Å². The summed E-state index contributed by atoms with van der Waals surface area (Å²) in [5, 5.41) is 0.660. The van der Waals surface area contributed by atoms with Crippen LogP contribution in [-0.4, -0.2) is 14.7 Å². The molecule has 1 aromatic heterocycles. The molecule has 0 saturated heterocycles. The summed E-state index contributed by atoms with van der Waals surface area (Å²) < 4.78 is 44.8. The van der Waals surface area contributed by atoms with Crippen LogP contribution in [0.5, 0.6) is 0 Å². The molecule has 0 unspecified atom stereocenters. The average Bonchev–Trinajstić information content (AvgIpc) is 2.57. The van der Waals surface area contributed by atoms with Crippen molar-refractivity contribution < 1.29 is 21.4 Å². The van der Waals surface area contributed by atoms with Crippen molar-refractivity contribution in [3.63, 3.8) is 0 Å². The second-order valence-corrected chi connectivity index (χ2v) is 5.47. The van der Waals surface area contributed by atoms with E-state index in [0.29, 0.717) is 22.1 Å². The molecule has 0 N–H and O–H groups in total. The maximum Gasteiger partial charge on any atom is 0.264 e. The topological polar surface area (TPSA) is 56.5 Å². The Morgan fingerprint density at radius 3 is 2.76 bits per heavy atom. The minimum Gasteiger partial charge on any atom is -0.464 e. The standard InChI is InChI=1S/C11H11FO4S/c1-7-3-9-8(6-16-17(2,13)14)5-15-11(9)4-10(7)12/h3-5H,6H2,1-2H3. The summed E-state index contributed by atoms with van der Waals surface area (Å²) in [7, 11) is -3.50. The van der Waals surface area contributed by atoms with Crippen molar-refractivity contribution in [1.82, 2.24) is 0 Å². The van der Waals surface area contributed by atoms with Gasteiger partial charge in [0.15, 0.2) is 0 Å². The molecule has 0 saturated carbocycles. The first-order chi connectivity index (χ1) is 7.87. The van der Waals surface area contributed by atoms with Crippen molar-refractivity contribution in [2.45, 2.75) is 13.5 Å². The lowest BCUT2D eigenvalue weighted by Crippen LogP contribution is -2.02. The summed E-state index contributed by atoms with van der Waals surface area (Å²) in [4.78, 5) is 0. The normalized spacial score (nSPS) is 12.2. The zero-order valence-electron chi connectivity index (χ0n) is 9.36. The second-order valence-electron chi connectivity index (χ2n) is 3.82.